The maximum atomic E-state index is 14.1. The molecular weight excluding hydrogens is 540 g/mol. The highest BCUT2D eigenvalue weighted by Gasteiger charge is 2.36. The summed E-state index contributed by atoms with van der Waals surface area (Å²) < 4.78 is 55.4. The van der Waals surface area contributed by atoms with Gasteiger partial charge in [-0.15, -0.1) is 0 Å². The van der Waals surface area contributed by atoms with Crippen LogP contribution in [0.1, 0.15) is 23.6 Å². The smallest absolute Gasteiger partial charge is 0.314 e. The van der Waals surface area contributed by atoms with Crippen molar-refractivity contribution in [3.63, 3.8) is 0 Å². The first kappa shape index (κ1) is 26.9. The molecule has 2 aromatic carbocycles. The standard InChI is InChI=1S/C23H23Cl2F3N4O3S/c1-2-36(35)18-4-3-14(24)9-13(18)11-32-21(33)15-10-17(23(26,27)28)16(12-31-7-5-29-6-8-31)19(25)20(15)30-22(32)34/h3-4,9-10,29H,2,5-8,11-12H2,1H3,(H,30,34). The number of aromatic amines is 1. The van der Waals surface area contributed by atoms with Crippen LogP contribution in [0.3, 0.4) is 0 Å². The summed E-state index contributed by atoms with van der Waals surface area (Å²) in [6, 6.07) is 5.30. The van der Waals surface area contributed by atoms with Crippen LogP contribution in [0.2, 0.25) is 10.0 Å². The van der Waals surface area contributed by atoms with Gasteiger partial charge in [0, 0.05) is 48.4 Å². The van der Waals surface area contributed by atoms with E-state index in [0.29, 0.717) is 41.7 Å². The summed E-state index contributed by atoms with van der Waals surface area (Å²) in [5.74, 6) is 0.290. The lowest BCUT2D eigenvalue weighted by molar-refractivity contribution is -0.138. The fourth-order valence-electron chi connectivity index (χ4n) is 4.26. The van der Waals surface area contributed by atoms with Crippen molar-refractivity contribution in [2.24, 2.45) is 0 Å². The van der Waals surface area contributed by atoms with Crippen LogP contribution in [0.15, 0.2) is 38.8 Å². The number of rotatable bonds is 6. The van der Waals surface area contributed by atoms with Gasteiger partial charge in [0.25, 0.3) is 5.56 Å². The minimum absolute atomic E-state index is 0.0783. The van der Waals surface area contributed by atoms with Crippen molar-refractivity contribution in [2.45, 2.75) is 31.1 Å². The van der Waals surface area contributed by atoms with Gasteiger partial charge in [-0.2, -0.15) is 13.2 Å². The van der Waals surface area contributed by atoms with Crippen LogP contribution < -0.4 is 16.6 Å². The number of halogens is 5. The highest BCUT2D eigenvalue weighted by molar-refractivity contribution is 7.85. The first-order valence-corrected chi connectivity index (χ1v) is 13.2. The van der Waals surface area contributed by atoms with Gasteiger partial charge in [-0.3, -0.25) is 18.5 Å². The first-order valence-electron chi connectivity index (χ1n) is 11.2. The normalized spacial score (nSPS) is 15.9. The van der Waals surface area contributed by atoms with Crippen LogP contribution in [0, 0.1) is 0 Å². The number of piperazine rings is 1. The van der Waals surface area contributed by atoms with Gasteiger partial charge in [-0.1, -0.05) is 30.1 Å². The molecule has 0 bridgehead atoms. The Balaban J connectivity index is 1.88. The number of hydrogen-bond acceptors (Lipinski definition) is 5. The van der Waals surface area contributed by atoms with Crippen molar-refractivity contribution < 1.29 is 17.4 Å². The van der Waals surface area contributed by atoms with E-state index in [-0.39, 0.29) is 40.3 Å². The molecular formula is C23H23Cl2F3N4O3S. The Kier molecular flexibility index (Phi) is 7.96. The van der Waals surface area contributed by atoms with Gasteiger partial charge in [-0.05, 0) is 35.4 Å². The molecule has 0 aliphatic carbocycles. The van der Waals surface area contributed by atoms with E-state index in [0.717, 1.165) is 10.6 Å². The summed E-state index contributed by atoms with van der Waals surface area (Å²) in [6.45, 7) is 3.63. The highest BCUT2D eigenvalue weighted by Crippen LogP contribution is 2.38. The van der Waals surface area contributed by atoms with E-state index in [1.54, 1.807) is 13.0 Å². The molecule has 1 aliphatic heterocycles. The van der Waals surface area contributed by atoms with Gasteiger partial charge in [0.05, 0.1) is 38.8 Å². The molecule has 3 aromatic rings. The molecule has 0 radical (unpaired) electrons. The Morgan fingerprint density at radius 1 is 1.08 bits per heavy atom. The fraction of sp³-hybridized carbons (Fsp3) is 0.391. The summed E-state index contributed by atoms with van der Waals surface area (Å²) in [4.78, 5) is 30.9. The van der Waals surface area contributed by atoms with Gasteiger partial charge in [0.2, 0.25) is 0 Å². The predicted octanol–water partition coefficient (Wildman–Crippen LogP) is 3.60. The molecule has 1 saturated heterocycles. The second-order valence-corrected chi connectivity index (χ2v) is 10.9. The summed E-state index contributed by atoms with van der Waals surface area (Å²) >= 11 is 12.5. The van der Waals surface area contributed by atoms with Crippen LogP contribution in [0.5, 0.6) is 0 Å². The van der Waals surface area contributed by atoms with Gasteiger partial charge >= 0.3 is 11.9 Å². The molecule has 2 N–H and O–H groups in total. The Hall–Kier alpha value is -2.18. The third kappa shape index (κ3) is 5.40. The summed E-state index contributed by atoms with van der Waals surface area (Å²) in [5.41, 5.74) is -2.80. The third-order valence-corrected chi connectivity index (χ3v) is 8.14. The Bertz CT molecular complexity index is 1450. The average molecular weight is 563 g/mol. The van der Waals surface area contributed by atoms with Crippen molar-refractivity contribution >= 4 is 44.9 Å². The predicted molar refractivity (Wildman–Crippen MR) is 134 cm³/mol. The van der Waals surface area contributed by atoms with Gasteiger partial charge in [0.1, 0.15) is 0 Å². The van der Waals surface area contributed by atoms with Crippen molar-refractivity contribution in [3.05, 3.63) is 71.8 Å². The first-order chi connectivity index (χ1) is 17.0. The molecule has 36 heavy (non-hydrogen) atoms. The minimum Gasteiger partial charge on any atom is -0.314 e. The Labute approximate surface area is 216 Å². The molecule has 1 aliphatic rings. The molecule has 1 aromatic heterocycles. The Morgan fingerprint density at radius 2 is 1.78 bits per heavy atom. The second-order valence-electron chi connectivity index (χ2n) is 8.37. The van der Waals surface area contributed by atoms with Crippen LogP contribution in [-0.2, 0) is 30.1 Å². The van der Waals surface area contributed by atoms with E-state index in [4.69, 9.17) is 23.2 Å². The van der Waals surface area contributed by atoms with Gasteiger partial charge in [-0.25, -0.2) is 4.79 Å². The lowest BCUT2D eigenvalue weighted by Gasteiger charge is -2.29. The zero-order chi connectivity index (χ0) is 26.2. The van der Waals surface area contributed by atoms with Crippen molar-refractivity contribution in [3.8, 4) is 0 Å². The molecule has 2 heterocycles. The van der Waals surface area contributed by atoms with E-state index in [1.807, 2.05) is 4.90 Å². The topological polar surface area (TPSA) is 87.2 Å². The molecule has 7 nitrogen and oxygen atoms in total. The number of alkyl halides is 3. The third-order valence-electron chi connectivity index (χ3n) is 6.08. The zero-order valence-corrected chi connectivity index (χ0v) is 21.5. The molecule has 1 fully saturated rings. The minimum atomic E-state index is -4.77. The van der Waals surface area contributed by atoms with E-state index < -0.39 is 33.8 Å². The summed E-state index contributed by atoms with van der Waals surface area (Å²) in [7, 11) is -1.42. The van der Waals surface area contributed by atoms with Crippen LogP contribution in [0.4, 0.5) is 13.2 Å². The number of nitrogens with one attached hydrogen (secondary N) is 2. The molecule has 194 valence electrons. The number of nitrogens with zero attached hydrogens (tertiary/aromatic N) is 2. The van der Waals surface area contributed by atoms with E-state index in [9.17, 15) is 27.0 Å². The van der Waals surface area contributed by atoms with Crippen LogP contribution in [0.25, 0.3) is 10.9 Å². The molecule has 0 saturated carbocycles. The van der Waals surface area contributed by atoms with E-state index in [2.05, 4.69) is 10.3 Å². The fourth-order valence-corrected chi connectivity index (χ4v) is 5.71. The average Bonchev–Trinajstić information content (AvgIpc) is 2.83. The van der Waals surface area contributed by atoms with Gasteiger partial charge in [0.15, 0.2) is 0 Å². The quantitative estimate of drug-likeness (QED) is 0.479. The van der Waals surface area contributed by atoms with E-state index >= 15 is 0 Å². The molecule has 13 heteroatoms. The molecule has 4 rings (SSSR count). The number of fused-ring (bicyclic) bond motifs is 1. The molecule has 1 unspecified atom stereocenters. The van der Waals surface area contributed by atoms with Crippen molar-refractivity contribution in [1.82, 2.24) is 19.8 Å². The molecule has 1 atom stereocenters. The zero-order valence-electron chi connectivity index (χ0n) is 19.2. The second kappa shape index (κ2) is 10.7. The van der Waals surface area contributed by atoms with E-state index in [1.165, 1.54) is 12.1 Å². The van der Waals surface area contributed by atoms with Crippen molar-refractivity contribution in [1.29, 1.82) is 0 Å². The highest BCUT2D eigenvalue weighted by atomic mass is 35.5. The van der Waals surface area contributed by atoms with Crippen LogP contribution >= 0.6 is 23.2 Å². The number of H-pyrrole nitrogens is 1. The number of aromatic nitrogens is 2. The lowest BCUT2D eigenvalue weighted by atomic mass is 10.0. The molecule has 0 amide bonds. The van der Waals surface area contributed by atoms with Crippen molar-refractivity contribution in [2.75, 3.05) is 31.9 Å². The van der Waals surface area contributed by atoms with Crippen LogP contribution in [-0.4, -0.2) is 50.6 Å². The maximum absolute atomic E-state index is 14.1. The maximum Gasteiger partial charge on any atom is 0.416 e. The SMILES string of the molecule is CCS(=O)c1ccc(Cl)cc1Cn1c(=O)[nH]c2c(Cl)c(CN3CCNCC3)c(C(F)(F)F)cc2c1=O. The monoisotopic (exact) mass is 562 g/mol. The largest absolute Gasteiger partial charge is 0.416 e. The number of benzene rings is 2. The molecule has 0 spiro atoms. The Morgan fingerprint density at radius 3 is 2.42 bits per heavy atom. The lowest BCUT2D eigenvalue weighted by Crippen LogP contribution is -2.43. The number of hydrogen-bond donors (Lipinski definition) is 2. The summed E-state index contributed by atoms with van der Waals surface area (Å²) in [6.07, 6.45) is -4.77. The van der Waals surface area contributed by atoms with Gasteiger partial charge < -0.3 is 10.3 Å². The summed E-state index contributed by atoms with van der Waals surface area (Å²) in [5, 5.41) is 2.76.